The summed E-state index contributed by atoms with van der Waals surface area (Å²) in [5, 5.41) is 11.1. The highest BCUT2D eigenvalue weighted by Gasteiger charge is 2.28. The second-order valence-corrected chi connectivity index (χ2v) is 7.33. The molecular weight excluding hydrogens is 334 g/mol. The van der Waals surface area contributed by atoms with Crippen LogP contribution >= 0.6 is 0 Å². The molecule has 27 heavy (non-hydrogen) atoms. The topological polar surface area (TPSA) is 63.3 Å². The molecule has 0 aliphatic rings. The van der Waals surface area contributed by atoms with E-state index < -0.39 is 11.5 Å². The Balaban J connectivity index is 4.77. The lowest BCUT2D eigenvalue weighted by atomic mass is 9.84. The maximum absolute atomic E-state index is 11.9. The van der Waals surface area contributed by atoms with Gasteiger partial charge < -0.3 is 10.8 Å². The number of rotatable bonds is 16. The van der Waals surface area contributed by atoms with Crippen LogP contribution in [-0.2, 0) is 4.79 Å². The lowest BCUT2D eigenvalue weighted by Gasteiger charge is -2.29. The Morgan fingerprint density at radius 1 is 0.926 bits per heavy atom. The second kappa shape index (κ2) is 16.6. The Labute approximate surface area is 167 Å². The van der Waals surface area contributed by atoms with E-state index in [1.54, 1.807) is 0 Å². The fourth-order valence-electron chi connectivity index (χ4n) is 3.07. The van der Waals surface area contributed by atoms with Crippen molar-refractivity contribution >= 4 is 5.91 Å². The van der Waals surface area contributed by atoms with Crippen molar-refractivity contribution in [3.63, 3.8) is 0 Å². The van der Waals surface area contributed by atoms with E-state index in [-0.39, 0.29) is 0 Å². The van der Waals surface area contributed by atoms with Gasteiger partial charge in [-0.1, -0.05) is 94.9 Å². The third kappa shape index (κ3) is 14.2. The van der Waals surface area contributed by atoms with Crippen LogP contribution < -0.4 is 5.73 Å². The van der Waals surface area contributed by atoms with Gasteiger partial charge in [-0.05, 0) is 32.6 Å². The van der Waals surface area contributed by atoms with Crippen molar-refractivity contribution in [2.75, 3.05) is 0 Å². The summed E-state index contributed by atoms with van der Waals surface area (Å²) in [5.41, 5.74) is 5.35. The van der Waals surface area contributed by atoms with Crippen molar-refractivity contribution in [3.8, 4) is 0 Å². The van der Waals surface area contributed by atoms with Crippen LogP contribution in [0.15, 0.2) is 48.1 Å². The van der Waals surface area contributed by atoms with Gasteiger partial charge in [-0.2, -0.15) is 0 Å². The number of amides is 1. The molecule has 1 unspecified atom stereocenters. The number of unbranched alkanes of at least 4 members (excludes halogenated alkanes) is 5. The predicted molar refractivity (Wildman–Crippen MR) is 117 cm³/mol. The first kappa shape index (κ1) is 25.4. The fraction of sp³-hybridized carbons (Fsp3) is 0.625. The number of carbonyl (C=O) groups is 1. The molecule has 0 aromatic heterocycles. The van der Waals surface area contributed by atoms with Crippen LogP contribution in [0.5, 0.6) is 0 Å². The van der Waals surface area contributed by atoms with E-state index in [2.05, 4.69) is 19.9 Å². The summed E-state index contributed by atoms with van der Waals surface area (Å²) < 4.78 is 0. The number of aliphatic hydroxyl groups is 1. The minimum absolute atomic E-state index is 0.374. The van der Waals surface area contributed by atoms with Gasteiger partial charge in [0.05, 0.1) is 5.60 Å². The van der Waals surface area contributed by atoms with Gasteiger partial charge in [0.2, 0.25) is 5.91 Å². The Bertz CT molecular complexity index is 503. The van der Waals surface area contributed by atoms with Crippen LogP contribution in [0, 0.1) is 0 Å². The lowest BCUT2D eigenvalue weighted by Crippen LogP contribution is -2.32. The molecule has 3 N–H and O–H groups in total. The first-order valence-corrected chi connectivity index (χ1v) is 10.6. The number of primary amides is 1. The van der Waals surface area contributed by atoms with Gasteiger partial charge in [-0.15, -0.1) is 0 Å². The molecule has 154 valence electrons. The van der Waals surface area contributed by atoms with E-state index in [9.17, 15) is 9.90 Å². The van der Waals surface area contributed by atoms with Crippen molar-refractivity contribution < 1.29 is 9.90 Å². The summed E-state index contributed by atoms with van der Waals surface area (Å²) in [6.07, 6.45) is 23.9. The van der Waals surface area contributed by atoms with Gasteiger partial charge in [-0.25, -0.2) is 0 Å². The maximum atomic E-state index is 11.9. The highest BCUT2D eigenvalue weighted by Crippen LogP contribution is 2.29. The van der Waals surface area contributed by atoms with Gasteiger partial charge in [-0.3, -0.25) is 4.79 Å². The molecule has 0 bridgehead atoms. The van der Waals surface area contributed by atoms with Crippen molar-refractivity contribution in [2.24, 2.45) is 5.73 Å². The van der Waals surface area contributed by atoms with E-state index in [0.717, 1.165) is 51.4 Å². The average molecular weight is 376 g/mol. The zero-order valence-electron chi connectivity index (χ0n) is 17.8. The van der Waals surface area contributed by atoms with Crippen molar-refractivity contribution in [1.29, 1.82) is 0 Å². The van der Waals surface area contributed by atoms with E-state index >= 15 is 0 Å². The molecule has 0 rings (SSSR count). The molecular formula is C24H41NO2. The zero-order valence-corrected chi connectivity index (χ0v) is 17.8. The first-order valence-electron chi connectivity index (χ1n) is 10.6. The first-order chi connectivity index (χ1) is 13.0. The quantitative estimate of drug-likeness (QED) is 0.193. The van der Waals surface area contributed by atoms with Gasteiger partial charge in [0, 0.05) is 12.0 Å². The predicted octanol–water partition coefficient (Wildman–Crippen LogP) is 6.15. The van der Waals surface area contributed by atoms with Crippen molar-refractivity contribution in [1.82, 2.24) is 0 Å². The number of hydrogen-bond acceptors (Lipinski definition) is 2. The molecule has 0 aromatic rings. The molecule has 3 heteroatoms. The summed E-state index contributed by atoms with van der Waals surface area (Å²) in [7, 11) is 0. The highest BCUT2D eigenvalue weighted by atomic mass is 16.3. The molecule has 0 heterocycles. The fourth-order valence-corrected chi connectivity index (χ4v) is 3.07. The van der Waals surface area contributed by atoms with E-state index in [4.69, 9.17) is 5.73 Å². The second-order valence-electron chi connectivity index (χ2n) is 7.33. The molecule has 0 saturated carbocycles. The molecule has 1 atom stereocenters. The third-order valence-electron chi connectivity index (χ3n) is 4.71. The smallest absolute Gasteiger partial charge is 0.244 e. The van der Waals surface area contributed by atoms with Gasteiger partial charge >= 0.3 is 0 Å². The number of nitrogens with two attached hydrogens (primary N) is 1. The summed E-state index contributed by atoms with van der Waals surface area (Å²) in [4.78, 5) is 11.9. The zero-order chi connectivity index (χ0) is 20.4. The molecule has 0 fully saturated rings. The molecule has 1 amide bonds. The number of allylic oxidation sites excluding steroid dienone is 7. The Kier molecular flexibility index (Phi) is 15.6. The summed E-state index contributed by atoms with van der Waals surface area (Å²) in [6.45, 7) is 6.29. The van der Waals surface area contributed by atoms with Crippen LogP contribution in [-0.4, -0.2) is 16.6 Å². The minimum Gasteiger partial charge on any atom is -0.390 e. The Hall–Kier alpha value is -1.61. The lowest BCUT2D eigenvalue weighted by molar-refractivity contribution is -0.115. The largest absolute Gasteiger partial charge is 0.390 e. The average Bonchev–Trinajstić information content (AvgIpc) is 2.65. The number of hydrogen-bond donors (Lipinski definition) is 2. The van der Waals surface area contributed by atoms with E-state index in [0.29, 0.717) is 12.0 Å². The summed E-state index contributed by atoms with van der Waals surface area (Å²) >= 11 is 0. The van der Waals surface area contributed by atoms with Crippen LogP contribution in [0.3, 0.4) is 0 Å². The van der Waals surface area contributed by atoms with E-state index in [1.165, 1.54) is 12.8 Å². The Morgan fingerprint density at radius 2 is 1.59 bits per heavy atom. The Morgan fingerprint density at radius 3 is 2.22 bits per heavy atom. The maximum Gasteiger partial charge on any atom is 0.244 e. The summed E-state index contributed by atoms with van der Waals surface area (Å²) in [6, 6.07) is 0. The monoisotopic (exact) mass is 375 g/mol. The van der Waals surface area contributed by atoms with Crippen LogP contribution in [0.25, 0.3) is 0 Å². The highest BCUT2D eigenvalue weighted by molar-refractivity contribution is 5.92. The molecule has 0 aromatic carbocycles. The van der Waals surface area contributed by atoms with Gasteiger partial charge in [0.1, 0.15) is 0 Å². The molecule has 0 radical (unpaired) electrons. The number of carbonyl (C=O) groups excluding carboxylic acids is 1. The standard InChI is InChI=1S/C24H41NO2/c1-4-7-10-12-13-14-15-16-18-22(23(25)26)21-24(27,19-9-6-3)20-17-11-8-5-2/h4,7,10,12-14,18,27H,5-6,8-9,11,15-17,19-21H2,1-3H3,(H2,25,26). The van der Waals surface area contributed by atoms with Crippen LogP contribution in [0.1, 0.15) is 91.4 Å². The van der Waals surface area contributed by atoms with Gasteiger partial charge in [0.25, 0.3) is 0 Å². The molecule has 0 saturated heterocycles. The summed E-state index contributed by atoms with van der Waals surface area (Å²) in [5.74, 6) is -0.407. The minimum atomic E-state index is -0.810. The SMILES string of the molecule is CC=CC=CC=CCCC=C(CC(O)(CCCC)CCCCCC)C(N)=O. The third-order valence-corrected chi connectivity index (χ3v) is 4.71. The van der Waals surface area contributed by atoms with Crippen molar-refractivity contribution in [2.45, 2.75) is 97.0 Å². The van der Waals surface area contributed by atoms with Gasteiger partial charge in [0.15, 0.2) is 0 Å². The molecule has 3 nitrogen and oxygen atoms in total. The normalized spacial score (nSPS) is 15.2. The molecule has 0 aliphatic carbocycles. The van der Waals surface area contributed by atoms with Crippen LogP contribution in [0.2, 0.25) is 0 Å². The van der Waals surface area contributed by atoms with E-state index in [1.807, 2.05) is 43.4 Å². The molecule has 0 spiro atoms. The van der Waals surface area contributed by atoms with Crippen LogP contribution in [0.4, 0.5) is 0 Å². The van der Waals surface area contributed by atoms with Crippen molar-refractivity contribution in [3.05, 3.63) is 48.1 Å². The molecule has 0 aliphatic heterocycles.